The molecule has 0 amide bonds. The van der Waals surface area contributed by atoms with Crippen molar-refractivity contribution in [3.05, 3.63) is 0 Å². The molecule has 0 rings (SSSR count). The predicted molar refractivity (Wildman–Crippen MR) is 35.2 cm³/mol. The second kappa shape index (κ2) is 5.43. The van der Waals surface area contributed by atoms with Crippen LogP contribution in [0.25, 0.3) is 0 Å². The van der Waals surface area contributed by atoms with E-state index in [1.54, 1.807) is 13.8 Å². The van der Waals surface area contributed by atoms with Gasteiger partial charge in [-0.05, 0) is 0 Å². The number of nitrogens with two attached hydrogens (primary N) is 2. The quantitative estimate of drug-likeness (QED) is 0.495. The summed E-state index contributed by atoms with van der Waals surface area (Å²) in [5, 5.41) is 0. The van der Waals surface area contributed by atoms with Crippen LogP contribution in [0.3, 0.4) is 0 Å². The summed E-state index contributed by atoms with van der Waals surface area (Å²) in [4.78, 5) is 0. The summed E-state index contributed by atoms with van der Waals surface area (Å²) < 4.78 is 10.00. The molecule has 0 bridgehead atoms. The van der Waals surface area contributed by atoms with E-state index in [2.05, 4.69) is 0 Å². The van der Waals surface area contributed by atoms with E-state index in [0.29, 0.717) is 0 Å². The Kier molecular flexibility index (Phi) is 5.81. The normalized spacial score (nSPS) is 17.3. The molecule has 54 valence electrons. The van der Waals surface area contributed by atoms with Gasteiger partial charge in [0.15, 0.2) is 0 Å². The van der Waals surface area contributed by atoms with Crippen LogP contribution in [0.5, 0.6) is 0 Å². The van der Waals surface area contributed by atoms with E-state index in [-0.39, 0.29) is 12.5 Å². The maximum absolute atomic E-state index is 5.28. The molecule has 0 saturated carbocycles. The number of hydrogen-bond acceptors (Lipinski definition) is 4. The Morgan fingerprint density at radius 1 is 1.11 bits per heavy atom. The van der Waals surface area contributed by atoms with Gasteiger partial charge in [-0.15, -0.1) is 0 Å². The summed E-state index contributed by atoms with van der Waals surface area (Å²) in [6, 6.07) is 0. The maximum atomic E-state index is 5.28. The summed E-state index contributed by atoms with van der Waals surface area (Å²) in [5.74, 6) is 0. The molecule has 0 saturated heterocycles. The van der Waals surface area contributed by atoms with E-state index < -0.39 is 22.0 Å². The SMILES string of the molecule is CC(N)[O][Sn][O]C(C)N. The van der Waals surface area contributed by atoms with E-state index in [9.17, 15) is 0 Å². The van der Waals surface area contributed by atoms with Gasteiger partial charge in [-0.25, -0.2) is 0 Å². The van der Waals surface area contributed by atoms with Gasteiger partial charge in [-0.2, -0.15) is 0 Å². The third kappa shape index (κ3) is 8.64. The molecule has 4 nitrogen and oxygen atoms in total. The van der Waals surface area contributed by atoms with E-state index in [4.69, 9.17) is 17.6 Å². The molecule has 9 heavy (non-hydrogen) atoms. The summed E-state index contributed by atoms with van der Waals surface area (Å²) >= 11 is -1.18. The molecule has 0 heterocycles. The fraction of sp³-hybridized carbons (Fsp3) is 1.00. The zero-order valence-corrected chi connectivity index (χ0v) is 8.48. The van der Waals surface area contributed by atoms with Gasteiger partial charge in [0, 0.05) is 0 Å². The minimum atomic E-state index is -1.18. The van der Waals surface area contributed by atoms with E-state index in [0.717, 1.165) is 0 Å². The Hall–Kier alpha value is 0.639. The monoisotopic (exact) mass is 240 g/mol. The fourth-order valence-electron chi connectivity index (χ4n) is 0.180. The van der Waals surface area contributed by atoms with Crippen LogP contribution < -0.4 is 11.5 Å². The fourth-order valence-corrected chi connectivity index (χ4v) is 1.20. The van der Waals surface area contributed by atoms with Gasteiger partial charge in [-0.1, -0.05) is 0 Å². The van der Waals surface area contributed by atoms with Crippen molar-refractivity contribution in [2.75, 3.05) is 0 Å². The predicted octanol–water partition coefficient (Wildman–Crippen LogP) is -0.837. The number of hydrogen-bond donors (Lipinski definition) is 2. The van der Waals surface area contributed by atoms with Crippen LogP contribution in [0.1, 0.15) is 13.8 Å². The first-order valence-electron chi connectivity index (χ1n) is 2.70. The van der Waals surface area contributed by atoms with E-state index in [1.165, 1.54) is 0 Å². The first-order valence-corrected chi connectivity index (χ1v) is 5.03. The second-order valence-electron chi connectivity index (χ2n) is 1.73. The Balaban J connectivity index is 2.91. The standard InChI is InChI=1S/2C2H6NO.Sn/c2*1-2(3)4;/h2*2H,3H2,1H3;/q2*-1;+2. The minimum absolute atomic E-state index is 0.213. The zero-order valence-electron chi connectivity index (χ0n) is 5.63. The second-order valence-corrected chi connectivity index (χ2v) is 3.55. The molecule has 0 aromatic rings. The molecular weight excluding hydrogens is 227 g/mol. The Morgan fingerprint density at radius 2 is 1.44 bits per heavy atom. The summed E-state index contributed by atoms with van der Waals surface area (Å²) in [6.07, 6.45) is -0.425. The van der Waals surface area contributed by atoms with Crippen LogP contribution in [-0.2, 0) is 6.15 Å². The molecule has 2 atom stereocenters. The molecule has 0 aromatic carbocycles. The van der Waals surface area contributed by atoms with Crippen molar-refractivity contribution >= 4 is 22.0 Å². The molecule has 0 fully saturated rings. The Labute approximate surface area is 66.2 Å². The van der Waals surface area contributed by atoms with Crippen LogP contribution in [0.15, 0.2) is 0 Å². The molecule has 0 spiro atoms. The molecule has 2 unspecified atom stereocenters. The van der Waals surface area contributed by atoms with Gasteiger partial charge in [-0.3, -0.25) is 0 Å². The Bertz CT molecular complexity index is 61.6. The van der Waals surface area contributed by atoms with Crippen molar-refractivity contribution in [2.45, 2.75) is 26.3 Å². The summed E-state index contributed by atoms with van der Waals surface area (Å²) in [7, 11) is 0. The van der Waals surface area contributed by atoms with Crippen molar-refractivity contribution in [3.8, 4) is 0 Å². The molecule has 0 aliphatic heterocycles. The first kappa shape index (κ1) is 9.64. The van der Waals surface area contributed by atoms with Gasteiger partial charge in [0.1, 0.15) is 0 Å². The molecule has 0 aromatic heterocycles. The van der Waals surface area contributed by atoms with Crippen molar-refractivity contribution in [1.29, 1.82) is 0 Å². The molecule has 4 N–H and O–H groups in total. The van der Waals surface area contributed by atoms with Crippen LogP contribution in [0.4, 0.5) is 0 Å². The summed E-state index contributed by atoms with van der Waals surface area (Å²) in [6.45, 7) is 3.54. The molecule has 5 heteroatoms. The van der Waals surface area contributed by atoms with Crippen LogP contribution in [0, 0.1) is 0 Å². The van der Waals surface area contributed by atoms with Gasteiger partial charge < -0.3 is 0 Å². The number of rotatable bonds is 4. The van der Waals surface area contributed by atoms with Gasteiger partial charge >= 0.3 is 65.9 Å². The van der Waals surface area contributed by atoms with E-state index >= 15 is 0 Å². The van der Waals surface area contributed by atoms with Gasteiger partial charge in [0.25, 0.3) is 0 Å². The molecule has 2 radical (unpaired) electrons. The van der Waals surface area contributed by atoms with E-state index in [1.807, 2.05) is 0 Å². The van der Waals surface area contributed by atoms with Crippen molar-refractivity contribution in [1.82, 2.24) is 0 Å². The molecule has 0 aliphatic carbocycles. The first-order chi connectivity index (χ1) is 4.13. The van der Waals surface area contributed by atoms with Crippen molar-refractivity contribution in [2.24, 2.45) is 11.5 Å². The zero-order chi connectivity index (χ0) is 7.28. The molecular formula is C4H12N2O2Sn. The van der Waals surface area contributed by atoms with Gasteiger partial charge in [0.05, 0.1) is 0 Å². The Morgan fingerprint density at radius 3 is 1.67 bits per heavy atom. The van der Waals surface area contributed by atoms with Crippen LogP contribution in [0.2, 0.25) is 0 Å². The van der Waals surface area contributed by atoms with Crippen molar-refractivity contribution in [3.63, 3.8) is 0 Å². The topological polar surface area (TPSA) is 70.5 Å². The average Bonchev–Trinajstić information content (AvgIpc) is 1.63. The van der Waals surface area contributed by atoms with Crippen LogP contribution >= 0.6 is 0 Å². The van der Waals surface area contributed by atoms with Crippen molar-refractivity contribution < 1.29 is 6.15 Å². The van der Waals surface area contributed by atoms with Gasteiger partial charge in [0.2, 0.25) is 0 Å². The van der Waals surface area contributed by atoms with Crippen LogP contribution in [-0.4, -0.2) is 34.4 Å². The molecule has 0 aliphatic rings. The average molecular weight is 239 g/mol. The third-order valence-electron chi connectivity index (χ3n) is 0.468. The third-order valence-corrected chi connectivity index (χ3v) is 3.14. The summed E-state index contributed by atoms with van der Waals surface area (Å²) in [5.41, 5.74) is 10.6.